The van der Waals surface area contributed by atoms with Crippen LogP contribution in [-0.2, 0) is 4.74 Å². The zero-order valence-electron chi connectivity index (χ0n) is 12.7. The van der Waals surface area contributed by atoms with E-state index in [0.717, 1.165) is 18.7 Å². The molecule has 1 N–H and O–H groups in total. The van der Waals surface area contributed by atoms with E-state index < -0.39 is 0 Å². The summed E-state index contributed by atoms with van der Waals surface area (Å²) < 4.78 is 10.6. The van der Waals surface area contributed by atoms with E-state index >= 15 is 0 Å². The Labute approximate surface area is 139 Å². The molecule has 0 aliphatic carbocycles. The minimum atomic E-state index is -0.296. The summed E-state index contributed by atoms with van der Waals surface area (Å²) in [6.07, 6.45) is 1.22. The second kappa shape index (κ2) is 7.12. The number of carbonyl (C=O) groups excluding carboxylic acids is 1. The lowest BCUT2D eigenvalue weighted by Gasteiger charge is -2.35. The number of aromatic nitrogens is 1. The summed E-state index contributed by atoms with van der Waals surface area (Å²) in [5, 5.41) is 7.32. The van der Waals surface area contributed by atoms with Gasteiger partial charge < -0.3 is 19.5 Å². The summed E-state index contributed by atoms with van der Waals surface area (Å²) in [6, 6.07) is 8.64. The van der Waals surface area contributed by atoms with Crippen LogP contribution in [0.5, 0.6) is 0 Å². The lowest BCUT2D eigenvalue weighted by molar-refractivity contribution is -0.0381. The van der Waals surface area contributed by atoms with Crippen LogP contribution >= 0.6 is 11.6 Å². The fraction of sp³-hybridized carbons (Fsp3) is 0.375. The molecule has 1 fully saturated rings. The Morgan fingerprint density at radius 3 is 2.83 bits per heavy atom. The third-order valence-corrected chi connectivity index (χ3v) is 4.11. The number of benzene rings is 1. The first-order valence-electron chi connectivity index (χ1n) is 7.40. The number of halogens is 1. The summed E-state index contributed by atoms with van der Waals surface area (Å²) in [5.41, 5.74) is 1.18. The number of amides is 1. The van der Waals surface area contributed by atoms with Gasteiger partial charge in [0, 0.05) is 24.2 Å². The van der Waals surface area contributed by atoms with Crippen molar-refractivity contribution in [2.24, 2.45) is 0 Å². The van der Waals surface area contributed by atoms with Crippen LogP contribution in [0.2, 0.25) is 5.02 Å². The Hall–Kier alpha value is -1.89. The Bertz CT molecular complexity index is 645. The van der Waals surface area contributed by atoms with Crippen molar-refractivity contribution < 1.29 is 14.1 Å². The highest BCUT2D eigenvalue weighted by Crippen LogP contribution is 2.24. The molecule has 0 unspecified atom stereocenters. The average molecular weight is 336 g/mol. The summed E-state index contributed by atoms with van der Waals surface area (Å²) >= 11 is 5.96. The number of ether oxygens (including phenoxy) is 1. The monoisotopic (exact) mass is 335 g/mol. The number of rotatable bonds is 4. The molecule has 3 rings (SSSR count). The van der Waals surface area contributed by atoms with E-state index in [1.807, 2.05) is 19.2 Å². The fourth-order valence-electron chi connectivity index (χ4n) is 2.62. The van der Waals surface area contributed by atoms with E-state index in [4.69, 9.17) is 20.9 Å². The zero-order valence-corrected chi connectivity index (χ0v) is 13.5. The van der Waals surface area contributed by atoms with E-state index in [-0.39, 0.29) is 23.7 Å². The van der Waals surface area contributed by atoms with Crippen LogP contribution in [0.15, 0.2) is 41.1 Å². The molecule has 0 bridgehead atoms. The van der Waals surface area contributed by atoms with Crippen LogP contribution in [-0.4, -0.2) is 48.8 Å². The van der Waals surface area contributed by atoms with Gasteiger partial charge in [0.1, 0.15) is 6.26 Å². The molecule has 122 valence electrons. The molecular weight excluding hydrogens is 318 g/mol. The van der Waals surface area contributed by atoms with Gasteiger partial charge in [0.25, 0.3) is 5.91 Å². The Morgan fingerprint density at radius 1 is 1.39 bits per heavy atom. The van der Waals surface area contributed by atoms with Crippen molar-refractivity contribution in [2.45, 2.75) is 12.1 Å². The number of likely N-dealkylation sites (N-methyl/N-ethyl adjacent to an activating group) is 1. The SMILES string of the molecule is CN1CCO[C@@H]([C@@H](NC(=O)c2ccon2)c2ccc(Cl)cc2)C1. The van der Waals surface area contributed by atoms with E-state index in [2.05, 4.69) is 15.4 Å². The molecule has 23 heavy (non-hydrogen) atoms. The predicted molar refractivity (Wildman–Crippen MR) is 85.4 cm³/mol. The first-order chi connectivity index (χ1) is 11.1. The highest BCUT2D eigenvalue weighted by molar-refractivity contribution is 6.30. The molecule has 0 spiro atoms. The van der Waals surface area contributed by atoms with Crippen LogP contribution in [0, 0.1) is 0 Å². The summed E-state index contributed by atoms with van der Waals surface area (Å²) in [4.78, 5) is 14.5. The second-order valence-electron chi connectivity index (χ2n) is 5.56. The first kappa shape index (κ1) is 16.0. The van der Waals surface area contributed by atoms with Gasteiger partial charge in [-0.05, 0) is 24.7 Å². The molecule has 1 amide bonds. The molecule has 2 aromatic rings. The van der Waals surface area contributed by atoms with Crippen LogP contribution in [0.3, 0.4) is 0 Å². The highest BCUT2D eigenvalue weighted by atomic mass is 35.5. The van der Waals surface area contributed by atoms with Gasteiger partial charge in [-0.1, -0.05) is 28.9 Å². The van der Waals surface area contributed by atoms with E-state index in [1.54, 1.807) is 12.1 Å². The molecule has 7 heteroatoms. The number of carbonyl (C=O) groups is 1. The van der Waals surface area contributed by atoms with Crippen molar-refractivity contribution in [1.29, 1.82) is 0 Å². The van der Waals surface area contributed by atoms with Crippen LogP contribution in [0.1, 0.15) is 22.1 Å². The largest absolute Gasteiger partial charge is 0.373 e. The fourth-order valence-corrected chi connectivity index (χ4v) is 2.74. The van der Waals surface area contributed by atoms with Crippen molar-refractivity contribution >= 4 is 17.5 Å². The number of hydrogen-bond acceptors (Lipinski definition) is 5. The van der Waals surface area contributed by atoms with E-state index in [9.17, 15) is 4.79 Å². The minimum Gasteiger partial charge on any atom is -0.373 e. The van der Waals surface area contributed by atoms with Crippen molar-refractivity contribution in [3.05, 3.63) is 52.9 Å². The van der Waals surface area contributed by atoms with Gasteiger partial charge in [-0.25, -0.2) is 0 Å². The van der Waals surface area contributed by atoms with E-state index in [0.29, 0.717) is 11.6 Å². The Balaban J connectivity index is 1.83. The van der Waals surface area contributed by atoms with Gasteiger partial charge in [0.05, 0.1) is 18.8 Å². The molecule has 1 saturated heterocycles. The predicted octanol–water partition coefficient (Wildman–Crippen LogP) is 2.13. The Kier molecular flexibility index (Phi) is 4.95. The van der Waals surface area contributed by atoms with Crippen molar-refractivity contribution in [3.8, 4) is 0 Å². The van der Waals surface area contributed by atoms with Gasteiger partial charge in [0.2, 0.25) is 0 Å². The molecule has 0 saturated carbocycles. The molecule has 1 aromatic carbocycles. The van der Waals surface area contributed by atoms with Gasteiger partial charge in [0.15, 0.2) is 5.69 Å². The molecule has 1 aromatic heterocycles. The van der Waals surface area contributed by atoms with Crippen molar-refractivity contribution in [3.63, 3.8) is 0 Å². The maximum Gasteiger partial charge on any atom is 0.274 e. The van der Waals surface area contributed by atoms with E-state index in [1.165, 1.54) is 12.3 Å². The molecular formula is C16H18ClN3O3. The number of hydrogen-bond donors (Lipinski definition) is 1. The third-order valence-electron chi connectivity index (χ3n) is 3.85. The number of nitrogens with zero attached hydrogens (tertiary/aromatic N) is 2. The summed E-state index contributed by atoms with van der Waals surface area (Å²) in [7, 11) is 2.04. The Morgan fingerprint density at radius 2 is 2.17 bits per heavy atom. The lowest BCUT2D eigenvalue weighted by atomic mass is 9.99. The second-order valence-corrected chi connectivity index (χ2v) is 6.00. The quantitative estimate of drug-likeness (QED) is 0.927. The first-order valence-corrected chi connectivity index (χ1v) is 7.78. The van der Waals surface area contributed by atoms with Crippen molar-refractivity contribution in [2.75, 3.05) is 26.7 Å². The van der Waals surface area contributed by atoms with Gasteiger partial charge in [-0.15, -0.1) is 0 Å². The summed E-state index contributed by atoms with van der Waals surface area (Å²) in [6.45, 7) is 2.23. The number of morpholine rings is 1. The maximum absolute atomic E-state index is 12.4. The number of nitrogens with one attached hydrogen (secondary N) is 1. The average Bonchev–Trinajstić information content (AvgIpc) is 3.08. The highest BCUT2D eigenvalue weighted by Gasteiger charge is 2.30. The molecule has 1 aliphatic rings. The topological polar surface area (TPSA) is 67.6 Å². The van der Waals surface area contributed by atoms with Crippen LogP contribution < -0.4 is 5.32 Å². The molecule has 0 radical (unpaired) electrons. The molecule has 2 heterocycles. The molecule has 2 atom stereocenters. The van der Waals surface area contributed by atoms with Gasteiger partial charge in [-0.3, -0.25) is 4.79 Å². The van der Waals surface area contributed by atoms with Crippen LogP contribution in [0.25, 0.3) is 0 Å². The van der Waals surface area contributed by atoms with Gasteiger partial charge >= 0.3 is 0 Å². The zero-order chi connectivity index (χ0) is 16.2. The lowest BCUT2D eigenvalue weighted by Crippen LogP contribution is -2.48. The third kappa shape index (κ3) is 3.90. The minimum absolute atomic E-state index is 0.147. The molecule has 1 aliphatic heterocycles. The smallest absolute Gasteiger partial charge is 0.274 e. The standard InChI is InChI=1S/C16H18ClN3O3/c1-20-7-9-22-14(10-20)15(11-2-4-12(17)5-3-11)18-16(21)13-6-8-23-19-13/h2-6,8,14-15H,7,9-10H2,1H3,(H,18,21)/t14-,15+/m1/s1. The van der Waals surface area contributed by atoms with Gasteiger partial charge in [-0.2, -0.15) is 0 Å². The maximum atomic E-state index is 12.4. The molecule has 6 nitrogen and oxygen atoms in total. The normalized spacial score (nSPS) is 20.2. The van der Waals surface area contributed by atoms with Crippen molar-refractivity contribution in [1.82, 2.24) is 15.4 Å². The summed E-state index contributed by atoms with van der Waals surface area (Å²) in [5.74, 6) is -0.296. The van der Waals surface area contributed by atoms with Crippen LogP contribution in [0.4, 0.5) is 0 Å².